The van der Waals surface area contributed by atoms with Gasteiger partial charge in [-0.1, -0.05) is 0 Å². The molecule has 0 radical (unpaired) electrons. The van der Waals surface area contributed by atoms with Crippen LogP contribution >= 0.6 is 24.0 Å². The van der Waals surface area contributed by atoms with E-state index in [4.69, 9.17) is 0 Å². The van der Waals surface area contributed by atoms with Gasteiger partial charge in [-0.05, 0) is 43.2 Å². The number of aliphatic imine (C=N–C) groups is 1. The van der Waals surface area contributed by atoms with Gasteiger partial charge in [-0.2, -0.15) is 5.10 Å². The van der Waals surface area contributed by atoms with Crippen molar-refractivity contribution in [3.05, 3.63) is 54.2 Å². The molecule has 3 rings (SSSR count). The van der Waals surface area contributed by atoms with Gasteiger partial charge in [0.25, 0.3) is 0 Å². The van der Waals surface area contributed by atoms with Gasteiger partial charge in [0.2, 0.25) is 0 Å². The molecule has 0 saturated carbocycles. The predicted molar refractivity (Wildman–Crippen MR) is 114 cm³/mol. The monoisotopic (exact) mass is 470 g/mol. The summed E-state index contributed by atoms with van der Waals surface area (Å²) >= 11 is 0. The maximum absolute atomic E-state index is 13.2. The fraction of sp³-hybridized carbons (Fsp3) is 0.333. The van der Waals surface area contributed by atoms with E-state index in [0.29, 0.717) is 6.54 Å². The van der Waals surface area contributed by atoms with Gasteiger partial charge in [-0.15, -0.1) is 24.0 Å². The highest BCUT2D eigenvalue weighted by Gasteiger charge is 2.04. The summed E-state index contributed by atoms with van der Waals surface area (Å²) in [4.78, 5) is 7.72. The summed E-state index contributed by atoms with van der Waals surface area (Å²) in [6, 6.07) is 6.73. The van der Waals surface area contributed by atoms with Crippen LogP contribution in [0.1, 0.15) is 12.5 Å². The quantitative estimate of drug-likeness (QED) is 0.283. The molecule has 0 spiro atoms. The summed E-state index contributed by atoms with van der Waals surface area (Å²) in [7, 11) is 0. The summed E-state index contributed by atoms with van der Waals surface area (Å²) in [6.45, 7) is 5.03. The number of nitrogens with one attached hydrogen (secondary N) is 3. The summed E-state index contributed by atoms with van der Waals surface area (Å²) < 4.78 is 15.1. The average molecular weight is 470 g/mol. The van der Waals surface area contributed by atoms with Crippen molar-refractivity contribution in [2.45, 2.75) is 19.9 Å². The number of aromatic amines is 1. The van der Waals surface area contributed by atoms with Crippen LogP contribution in [0.15, 0.2) is 47.8 Å². The van der Waals surface area contributed by atoms with Crippen LogP contribution in [0.25, 0.3) is 10.9 Å². The van der Waals surface area contributed by atoms with Crippen LogP contribution in [-0.2, 0) is 13.0 Å². The largest absolute Gasteiger partial charge is 0.361 e. The Bertz CT molecular complexity index is 827. The topological polar surface area (TPSA) is 70.0 Å². The van der Waals surface area contributed by atoms with Crippen LogP contribution in [0.3, 0.4) is 0 Å². The van der Waals surface area contributed by atoms with Crippen LogP contribution in [0.5, 0.6) is 0 Å². The van der Waals surface area contributed by atoms with Crippen molar-refractivity contribution >= 4 is 40.8 Å². The number of halogens is 2. The molecule has 0 aliphatic rings. The van der Waals surface area contributed by atoms with Crippen molar-refractivity contribution < 1.29 is 4.39 Å². The van der Waals surface area contributed by atoms with E-state index in [1.165, 1.54) is 12.1 Å². The Morgan fingerprint density at radius 2 is 2.23 bits per heavy atom. The first-order valence-corrected chi connectivity index (χ1v) is 8.51. The number of H-pyrrole nitrogens is 1. The zero-order chi connectivity index (χ0) is 17.5. The Labute approximate surface area is 169 Å². The molecule has 2 aromatic heterocycles. The molecule has 6 nitrogen and oxygen atoms in total. The summed E-state index contributed by atoms with van der Waals surface area (Å²) in [6.07, 6.45) is 6.43. The molecule has 0 amide bonds. The molecule has 0 aliphatic heterocycles. The number of nitrogens with zero attached hydrogens (tertiary/aromatic N) is 3. The SMILES string of the molecule is CCNC(=NCCc1c[nH]c2cc(F)ccc12)NCCn1cccn1.I. The molecule has 1 aromatic carbocycles. The second-order valence-electron chi connectivity index (χ2n) is 5.71. The Morgan fingerprint density at radius 3 is 3.00 bits per heavy atom. The van der Waals surface area contributed by atoms with Crippen LogP contribution in [0.4, 0.5) is 4.39 Å². The second-order valence-corrected chi connectivity index (χ2v) is 5.71. The molecular formula is C18H24FIN6. The summed E-state index contributed by atoms with van der Waals surface area (Å²) in [5.74, 6) is 0.565. The maximum Gasteiger partial charge on any atom is 0.191 e. The normalized spacial score (nSPS) is 11.4. The third-order valence-electron chi connectivity index (χ3n) is 3.92. The molecule has 0 bridgehead atoms. The second kappa shape index (κ2) is 10.1. The summed E-state index contributed by atoms with van der Waals surface area (Å²) in [5, 5.41) is 11.8. The van der Waals surface area contributed by atoms with Gasteiger partial charge in [0.1, 0.15) is 5.82 Å². The number of aromatic nitrogens is 3. The minimum absolute atomic E-state index is 0. The van der Waals surface area contributed by atoms with E-state index in [9.17, 15) is 4.39 Å². The van der Waals surface area contributed by atoms with Crippen molar-refractivity contribution in [1.82, 2.24) is 25.4 Å². The first-order valence-electron chi connectivity index (χ1n) is 8.51. The lowest BCUT2D eigenvalue weighted by atomic mass is 10.1. The van der Waals surface area contributed by atoms with Crippen molar-refractivity contribution in [3.8, 4) is 0 Å². The molecule has 26 heavy (non-hydrogen) atoms. The van der Waals surface area contributed by atoms with E-state index in [2.05, 4.69) is 25.7 Å². The Balaban J connectivity index is 0.00000243. The highest BCUT2D eigenvalue weighted by molar-refractivity contribution is 14.0. The Kier molecular flexibility index (Phi) is 7.89. The number of rotatable bonds is 7. The molecule has 3 aromatic rings. The minimum atomic E-state index is -0.227. The van der Waals surface area contributed by atoms with Crippen molar-refractivity contribution in [2.24, 2.45) is 4.99 Å². The highest BCUT2D eigenvalue weighted by Crippen LogP contribution is 2.19. The molecule has 140 valence electrons. The van der Waals surface area contributed by atoms with Crippen LogP contribution < -0.4 is 10.6 Å². The molecule has 2 heterocycles. The molecule has 8 heteroatoms. The number of benzene rings is 1. The van der Waals surface area contributed by atoms with Crippen LogP contribution in [0, 0.1) is 5.82 Å². The number of hydrogen-bond acceptors (Lipinski definition) is 2. The van der Waals surface area contributed by atoms with Gasteiger partial charge in [0.15, 0.2) is 5.96 Å². The average Bonchev–Trinajstić information content (AvgIpc) is 3.24. The molecular weight excluding hydrogens is 446 g/mol. The molecule has 3 N–H and O–H groups in total. The van der Waals surface area contributed by atoms with E-state index in [-0.39, 0.29) is 29.8 Å². The van der Waals surface area contributed by atoms with E-state index in [0.717, 1.165) is 48.5 Å². The standard InChI is InChI=1S/C18H23FN6.HI/c1-2-20-18(22-9-11-25-10-3-7-24-25)21-8-6-14-13-23-17-12-15(19)4-5-16(14)17;/h3-5,7,10,12-13,23H,2,6,8-9,11H2,1H3,(H2,20,21,22);1H. The minimum Gasteiger partial charge on any atom is -0.361 e. The molecule has 0 fully saturated rings. The number of guanidine groups is 1. The fourth-order valence-electron chi connectivity index (χ4n) is 2.72. The highest BCUT2D eigenvalue weighted by atomic mass is 127. The third kappa shape index (κ3) is 5.45. The third-order valence-corrected chi connectivity index (χ3v) is 3.92. The van der Waals surface area contributed by atoms with Gasteiger partial charge in [0, 0.05) is 49.1 Å². The lowest BCUT2D eigenvalue weighted by molar-refractivity contribution is 0.598. The molecule has 0 saturated heterocycles. The van der Waals surface area contributed by atoms with E-state index in [1.807, 2.05) is 36.1 Å². The van der Waals surface area contributed by atoms with Crippen LogP contribution in [0.2, 0.25) is 0 Å². The van der Waals surface area contributed by atoms with Gasteiger partial charge in [0.05, 0.1) is 6.54 Å². The first-order chi connectivity index (χ1) is 12.3. The van der Waals surface area contributed by atoms with E-state index >= 15 is 0 Å². The lowest BCUT2D eigenvalue weighted by Crippen LogP contribution is -2.39. The van der Waals surface area contributed by atoms with Crippen molar-refractivity contribution in [3.63, 3.8) is 0 Å². The fourth-order valence-corrected chi connectivity index (χ4v) is 2.72. The number of fused-ring (bicyclic) bond motifs is 1. The van der Waals surface area contributed by atoms with Crippen molar-refractivity contribution in [2.75, 3.05) is 19.6 Å². The van der Waals surface area contributed by atoms with Crippen molar-refractivity contribution in [1.29, 1.82) is 0 Å². The summed E-state index contributed by atoms with van der Waals surface area (Å²) in [5.41, 5.74) is 1.97. The zero-order valence-electron chi connectivity index (χ0n) is 14.7. The Hall–Kier alpha value is -2.10. The molecule has 0 aliphatic carbocycles. The molecule has 0 unspecified atom stereocenters. The van der Waals surface area contributed by atoms with Gasteiger partial charge in [-0.3, -0.25) is 9.67 Å². The van der Waals surface area contributed by atoms with Gasteiger partial charge < -0.3 is 15.6 Å². The first kappa shape index (κ1) is 20.2. The number of hydrogen-bond donors (Lipinski definition) is 3. The van der Waals surface area contributed by atoms with Crippen LogP contribution in [-0.4, -0.2) is 40.4 Å². The molecule has 0 atom stereocenters. The van der Waals surface area contributed by atoms with Gasteiger partial charge >= 0.3 is 0 Å². The Morgan fingerprint density at radius 1 is 1.35 bits per heavy atom. The predicted octanol–water partition coefficient (Wildman–Crippen LogP) is 2.92. The smallest absolute Gasteiger partial charge is 0.191 e. The lowest BCUT2D eigenvalue weighted by Gasteiger charge is -2.11. The zero-order valence-corrected chi connectivity index (χ0v) is 17.0. The van der Waals surface area contributed by atoms with E-state index < -0.39 is 0 Å². The van der Waals surface area contributed by atoms with Gasteiger partial charge in [-0.25, -0.2) is 4.39 Å². The van der Waals surface area contributed by atoms with E-state index in [1.54, 1.807) is 6.20 Å². The maximum atomic E-state index is 13.2.